The maximum absolute atomic E-state index is 12.1. The number of nitrogens with one attached hydrogen (secondary N) is 2. The van der Waals surface area contributed by atoms with Gasteiger partial charge in [-0.3, -0.25) is 9.82 Å². The number of anilines is 1. The zero-order valence-corrected chi connectivity index (χ0v) is 11.4. The predicted octanol–water partition coefficient (Wildman–Crippen LogP) is 2.50. The monoisotopic (exact) mass is 287 g/mol. The molecule has 2 aromatic carbocycles. The minimum Gasteiger partial charge on any atom is -0.283 e. The number of rotatable bonds is 4. The van der Waals surface area contributed by atoms with Gasteiger partial charge in [0, 0.05) is 5.39 Å². The molecule has 0 fully saturated rings. The molecule has 0 amide bonds. The van der Waals surface area contributed by atoms with Crippen LogP contribution in [-0.2, 0) is 15.8 Å². The van der Waals surface area contributed by atoms with Crippen molar-refractivity contribution in [1.82, 2.24) is 10.2 Å². The summed E-state index contributed by atoms with van der Waals surface area (Å²) in [4.78, 5) is 0. The molecule has 0 unspecified atom stereocenters. The summed E-state index contributed by atoms with van der Waals surface area (Å²) in [5, 5.41) is 7.66. The molecule has 0 aliphatic rings. The van der Waals surface area contributed by atoms with E-state index >= 15 is 0 Å². The molecule has 5 nitrogen and oxygen atoms in total. The lowest BCUT2D eigenvalue weighted by Gasteiger charge is -2.08. The standard InChI is InChI=1S/C14H13N3O2S/c18-20(19,10-11-4-2-1-3-5-11)17-13-7-6-12-9-15-16-14(12)8-13/h1-9,17H,10H2,(H,15,16). The Balaban J connectivity index is 1.82. The summed E-state index contributed by atoms with van der Waals surface area (Å²) in [6, 6.07) is 14.3. The number of aromatic amines is 1. The van der Waals surface area contributed by atoms with E-state index in [1.807, 2.05) is 24.3 Å². The van der Waals surface area contributed by atoms with Crippen molar-refractivity contribution in [2.75, 3.05) is 4.72 Å². The van der Waals surface area contributed by atoms with Gasteiger partial charge in [-0.2, -0.15) is 5.10 Å². The summed E-state index contributed by atoms with van der Waals surface area (Å²) in [5.74, 6) is -0.0468. The van der Waals surface area contributed by atoms with Gasteiger partial charge in [0.05, 0.1) is 23.2 Å². The number of nitrogens with zero attached hydrogens (tertiary/aromatic N) is 1. The molecule has 20 heavy (non-hydrogen) atoms. The van der Waals surface area contributed by atoms with Gasteiger partial charge in [0.25, 0.3) is 0 Å². The molecule has 1 heterocycles. The van der Waals surface area contributed by atoms with Crippen LogP contribution in [0.2, 0.25) is 0 Å². The molecule has 0 bridgehead atoms. The van der Waals surface area contributed by atoms with Gasteiger partial charge in [0.15, 0.2) is 0 Å². The molecule has 6 heteroatoms. The SMILES string of the molecule is O=S(=O)(Cc1ccccc1)Nc1ccc2cn[nH]c2c1. The molecule has 0 aliphatic heterocycles. The average Bonchev–Trinajstić information content (AvgIpc) is 2.86. The topological polar surface area (TPSA) is 74.8 Å². The Labute approximate surface area is 116 Å². The van der Waals surface area contributed by atoms with Gasteiger partial charge in [0.1, 0.15) is 0 Å². The highest BCUT2D eigenvalue weighted by Gasteiger charge is 2.12. The smallest absolute Gasteiger partial charge is 0.236 e. The van der Waals surface area contributed by atoms with Crippen LogP contribution in [0.5, 0.6) is 0 Å². The van der Waals surface area contributed by atoms with Crippen molar-refractivity contribution in [3.63, 3.8) is 0 Å². The van der Waals surface area contributed by atoms with E-state index in [0.717, 1.165) is 16.5 Å². The van der Waals surface area contributed by atoms with Crippen LogP contribution in [0.15, 0.2) is 54.7 Å². The fraction of sp³-hybridized carbons (Fsp3) is 0.0714. The minimum absolute atomic E-state index is 0.0468. The summed E-state index contributed by atoms with van der Waals surface area (Å²) in [7, 11) is -3.42. The zero-order valence-electron chi connectivity index (χ0n) is 10.6. The summed E-state index contributed by atoms with van der Waals surface area (Å²) >= 11 is 0. The van der Waals surface area contributed by atoms with Gasteiger partial charge in [0.2, 0.25) is 10.0 Å². The normalized spacial score (nSPS) is 11.6. The van der Waals surface area contributed by atoms with Crippen LogP contribution in [0, 0.1) is 0 Å². The molecule has 0 saturated carbocycles. The lowest BCUT2D eigenvalue weighted by Crippen LogP contribution is -2.14. The number of aromatic nitrogens is 2. The molecule has 0 spiro atoms. The minimum atomic E-state index is -3.42. The zero-order chi connectivity index (χ0) is 14.0. The number of hydrogen-bond acceptors (Lipinski definition) is 3. The van der Waals surface area contributed by atoms with Crippen LogP contribution >= 0.6 is 0 Å². The Morgan fingerprint density at radius 3 is 2.70 bits per heavy atom. The van der Waals surface area contributed by atoms with E-state index in [-0.39, 0.29) is 5.75 Å². The second-order valence-electron chi connectivity index (χ2n) is 4.52. The van der Waals surface area contributed by atoms with Crippen LogP contribution in [0.1, 0.15) is 5.56 Å². The molecule has 3 aromatic rings. The maximum Gasteiger partial charge on any atom is 0.236 e. The first kappa shape index (κ1) is 12.7. The first-order valence-electron chi connectivity index (χ1n) is 6.10. The van der Waals surface area contributed by atoms with E-state index in [1.165, 1.54) is 0 Å². The van der Waals surface area contributed by atoms with Gasteiger partial charge in [-0.05, 0) is 23.8 Å². The van der Waals surface area contributed by atoms with Crippen LogP contribution in [0.4, 0.5) is 5.69 Å². The third-order valence-electron chi connectivity index (χ3n) is 2.91. The average molecular weight is 287 g/mol. The molecule has 102 valence electrons. The van der Waals surface area contributed by atoms with Crippen molar-refractivity contribution in [2.45, 2.75) is 5.75 Å². The van der Waals surface area contributed by atoms with Gasteiger partial charge < -0.3 is 0 Å². The second-order valence-corrected chi connectivity index (χ2v) is 6.24. The number of sulfonamides is 1. The lowest BCUT2D eigenvalue weighted by molar-refractivity contribution is 0.600. The van der Waals surface area contributed by atoms with Gasteiger partial charge in [-0.25, -0.2) is 8.42 Å². The largest absolute Gasteiger partial charge is 0.283 e. The Morgan fingerprint density at radius 2 is 1.90 bits per heavy atom. The van der Waals surface area contributed by atoms with Crippen molar-refractivity contribution in [3.05, 3.63) is 60.3 Å². The summed E-state index contributed by atoms with van der Waals surface area (Å²) < 4.78 is 26.8. The number of H-pyrrole nitrogens is 1. The van der Waals surface area contributed by atoms with Crippen LogP contribution < -0.4 is 4.72 Å². The van der Waals surface area contributed by atoms with E-state index in [0.29, 0.717) is 5.69 Å². The molecule has 0 aliphatic carbocycles. The van der Waals surface area contributed by atoms with Crippen LogP contribution in [0.25, 0.3) is 10.9 Å². The van der Waals surface area contributed by atoms with E-state index < -0.39 is 10.0 Å². The first-order valence-corrected chi connectivity index (χ1v) is 7.75. The van der Waals surface area contributed by atoms with Crippen LogP contribution in [-0.4, -0.2) is 18.6 Å². The predicted molar refractivity (Wildman–Crippen MR) is 78.8 cm³/mol. The molecule has 0 saturated heterocycles. The quantitative estimate of drug-likeness (QED) is 0.774. The molecule has 1 aromatic heterocycles. The van der Waals surface area contributed by atoms with Crippen molar-refractivity contribution < 1.29 is 8.42 Å². The highest BCUT2D eigenvalue weighted by molar-refractivity contribution is 7.91. The molecule has 0 atom stereocenters. The Morgan fingerprint density at radius 1 is 1.10 bits per heavy atom. The van der Waals surface area contributed by atoms with E-state index in [2.05, 4.69) is 14.9 Å². The van der Waals surface area contributed by atoms with Gasteiger partial charge in [-0.15, -0.1) is 0 Å². The van der Waals surface area contributed by atoms with Crippen molar-refractivity contribution in [1.29, 1.82) is 0 Å². The summed E-state index contributed by atoms with van der Waals surface area (Å²) in [6.07, 6.45) is 1.69. The number of fused-ring (bicyclic) bond motifs is 1. The highest BCUT2D eigenvalue weighted by atomic mass is 32.2. The van der Waals surface area contributed by atoms with Crippen molar-refractivity contribution in [2.24, 2.45) is 0 Å². The van der Waals surface area contributed by atoms with Crippen molar-refractivity contribution in [3.8, 4) is 0 Å². The third kappa shape index (κ3) is 2.80. The number of hydrogen-bond donors (Lipinski definition) is 2. The third-order valence-corrected chi connectivity index (χ3v) is 4.17. The fourth-order valence-electron chi connectivity index (χ4n) is 2.01. The molecule has 0 radical (unpaired) electrons. The Hall–Kier alpha value is -2.34. The van der Waals surface area contributed by atoms with Gasteiger partial charge >= 0.3 is 0 Å². The number of benzene rings is 2. The lowest BCUT2D eigenvalue weighted by atomic mass is 10.2. The fourth-order valence-corrected chi connectivity index (χ4v) is 3.20. The molecular formula is C14H13N3O2S. The Bertz CT molecular complexity index is 826. The molecule has 2 N–H and O–H groups in total. The summed E-state index contributed by atoms with van der Waals surface area (Å²) in [5.41, 5.74) is 2.07. The van der Waals surface area contributed by atoms with Crippen LogP contribution in [0.3, 0.4) is 0 Å². The summed E-state index contributed by atoms with van der Waals surface area (Å²) in [6.45, 7) is 0. The Kier molecular flexibility index (Phi) is 3.15. The molecular weight excluding hydrogens is 274 g/mol. The van der Waals surface area contributed by atoms with E-state index in [4.69, 9.17) is 0 Å². The van der Waals surface area contributed by atoms with Crippen molar-refractivity contribution >= 4 is 26.6 Å². The highest BCUT2D eigenvalue weighted by Crippen LogP contribution is 2.18. The van der Waals surface area contributed by atoms with Gasteiger partial charge in [-0.1, -0.05) is 30.3 Å². The second kappa shape index (κ2) is 4.97. The van der Waals surface area contributed by atoms with E-state index in [1.54, 1.807) is 30.5 Å². The molecule has 3 rings (SSSR count). The maximum atomic E-state index is 12.1. The first-order chi connectivity index (χ1) is 9.62. The van der Waals surface area contributed by atoms with E-state index in [9.17, 15) is 8.42 Å².